The van der Waals surface area contributed by atoms with E-state index in [1.807, 2.05) is 12.1 Å². The average molecular weight is 243 g/mol. The summed E-state index contributed by atoms with van der Waals surface area (Å²) in [5.41, 5.74) is 7.58. The second-order valence-corrected chi connectivity index (χ2v) is 4.86. The molecule has 0 bridgehead atoms. The highest BCUT2D eigenvalue weighted by Crippen LogP contribution is 2.24. The molecular formula is C16H21NO. The van der Waals surface area contributed by atoms with Gasteiger partial charge in [0.05, 0.1) is 12.6 Å². The van der Waals surface area contributed by atoms with E-state index in [0.29, 0.717) is 12.6 Å². The van der Waals surface area contributed by atoms with Crippen LogP contribution in [0.2, 0.25) is 0 Å². The topological polar surface area (TPSA) is 35.2 Å². The number of nitrogens with two attached hydrogens (primary N) is 1. The van der Waals surface area contributed by atoms with E-state index in [1.165, 1.54) is 32.1 Å². The lowest BCUT2D eigenvalue weighted by Crippen LogP contribution is -2.19. The third-order valence-corrected chi connectivity index (χ3v) is 3.38. The molecule has 0 aliphatic heterocycles. The van der Waals surface area contributed by atoms with Crippen LogP contribution in [0.3, 0.4) is 0 Å². The minimum absolute atomic E-state index is 0.402. The van der Waals surface area contributed by atoms with Crippen LogP contribution in [-0.2, 0) is 0 Å². The summed E-state index contributed by atoms with van der Waals surface area (Å²) in [6.07, 6.45) is 6.72. The molecule has 2 heteroatoms. The minimum Gasteiger partial charge on any atom is -0.490 e. The lowest BCUT2D eigenvalue weighted by molar-refractivity contribution is 0.155. The summed E-state index contributed by atoms with van der Waals surface area (Å²) in [6, 6.07) is 6.12. The van der Waals surface area contributed by atoms with Gasteiger partial charge < -0.3 is 10.5 Å². The Morgan fingerprint density at radius 2 is 2.06 bits per heavy atom. The van der Waals surface area contributed by atoms with Crippen LogP contribution in [0.1, 0.15) is 43.2 Å². The van der Waals surface area contributed by atoms with Gasteiger partial charge in [-0.05, 0) is 56.4 Å². The molecule has 0 amide bonds. The summed E-state index contributed by atoms with van der Waals surface area (Å²) in [4.78, 5) is 0. The van der Waals surface area contributed by atoms with Gasteiger partial charge in [0, 0.05) is 5.56 Å². The van der Waals surface area contributed by atoms with Crippen LogP contribution < -0.4 is 10.5 Å². The molecule has 2 N–H and O–H groups in total. The molecule has 2 rings (SSSR count). The molecule has 0 unspecified atom stereocenters. The molecule has 1 aromatic carbocycles. The molecule has 1 aliphatic carbocycles. The van der Waals surface area contributed by atoms with Crippen molar-refractivity contribution in [3.63, 3.8) is 0 Å². The van der Waals surface area contributed by atoms with Gasteiger partial charge >= 0.3 is 0 Å². The van der Waals surface area contributed by atoms with Gasteiger partial charge in [0.25, 0.3) is 0 Å². The van der Waals surface area contributed by atoms with Gasteiger partial charge in [-0.3, -0.25) is 0 Å². The summed E-state index contributed by atoms with van der Waals surface area (Å²) >= 11 is 0. The maximum Gasteiger partial charge on any atom is 0.120 e. The average Bonchev–Trinajstić information content (AvgIpc) is 2.39. The fraction of sp³-hybridized carbons (Fsp3) is 0.500. The van der Waals surface area contributed by atoms with Crippen molar-refractivity contribution in [1.82, 2.24) is 0 Å². The molecule has 18 heavy (non-hydrogen) atoms. The third-order valence-electron chi connectivity index (χ3n) is 3.38. The number of ether oxygens (including phenoxy) is 1. The van der Waals surface area contributed by atoms with E-state index >= 15 is 0 Å². The first kappa shape index (κ1) is 13.0. The van der Waals surface area contributed by atoms with E-state index in [9.17, 15) is 0 Å². The highest BCUT2D eigenvalue weighted by atomic mass is 16.5. The monoisotopic (exact) mass is 243 g/mol. The van der Waals surface area contributed by atoms with Crippen LogP contribution in [0.15, 0.2) is 18.2 Å². The summed E-state index contributed by atoms with van der Waals surface area (Å²) in [6.45, 7) is 2.47. The van der Waals surface area contributed by atoms with Crippen molar-refractivity contribution in [3.8, 4) is 17.6 Å². The van der Waals surface area contributed by atoms with Crippen molar-refractivity contribution in [2.24, 2.45) is 5.73 Å². The van der Waals surface area contributed by atoms with E-state index in [0.717, 1.165) is 16.9 Å². The Kier molecular flexibility index (Phi) is 4.66. The Morgan fingerprint density at radius 3 is 2.72 bits per heavy atom. The van der Waals surface area contributed by atoms with Crippen molar-refractivity contribution in [2.75, 3.05) is 6.54 Å². The van der Waals surface area contributed by atoms with Gasteiger partial charge in [-0.15, -0.1) is 0 Å². The number of benzene rings is 1. The second kappa shape index (κ2) is 6.47. The highest BCUT2D eigenvalue weighted by Gasteiger charge is 2.14. The van der Waals surface area contributed by atoms with Crippen molar-refractivity contribution in [2.45, 2.75) is 45.1 Å². The maximum atomic E-state index is 6.02. The Hall–Kier alpha value is -1.46. The highest BCUT2D eigenvalue weighted by molar-refractivity contribution is 5.44. The fourth-order valence-electron chi connectivity index (χ4n) is 2.37. The Balaban J connectivity index is 2.03. The van der Waals surface area contributed by atoms with Crippen LogP contribution in [0.25, 0.3) is 0 Å². The largest absolute Gasteiger partial charge is 0.490 e. The quantitative estimate of drug-likeness (QED) is 0.810. The minimum atomic E-state index is 0.402. The van der Waals surface area contributed by atoms with E-state index in [1.54, 1.807) is 0 Å². The van der Waals surface area contributed by atoms with Crippen molar-refractivity contribution >= 4 is 0 Å². The van der Waals surface area contributed by atoms with Gasteiger partial charge in [0.2, 0.25) is 0 Å². The second-order valence-electron chi connectivity index (χ2n) is 4.86. The third kappa shape index (κ3) is 3.51. The summed E-state index contributed by atoms with van der Waals surface area (Å²) < 4.78 is 6.02. The standard InChI is InChI=1S/C16H21NO/c1-13-12-16(10-9-14(13)6-5-11-17)18-15-7-3-2-4-8-15/h9-10,12,15H,2-4,7-8,11,17H2,1H3. The molecule has 2 nitrogen and oxygen atoms in total. The predicted molar refractivity (Wildman–Crippen MR) is 74.6 cm³/mol. The Labute approximate surface area is 110 Å². The summed E-state index contributed by atoms with van der Waals surface area (Å²) in [5.74, 6) is 6.93. The van der Waals surface area contributed by atoms with Crippen LogP contribution in [-0.4, -0.2) is 12.6 Å². The van der Waals surface area contributed by atoms with Crippen LogP contribution in [0.5, 0.6) is 5.75 Å². The van der Waals surface area contributed by atoms with Crippen LogP contribution in [0, 0.1) is 18.8 Å². The molecule has 0 atom stereocenters. The van der Waals surface area contributed by atoms with E-state index in [-0.39, 0.29) is 0 Å². The number of rotatable bonds is 2. The Morgan fingerprint density at radius 1 is 1.28 bits per heavy atom. The molecule has 1 saturated carbocycles. The van der Waals surface area contributed by atoms with Crippen molar-refractivity contribution in [1.29, 1.82) is 0 Å². The smallest absolute Gasteiger partial charge is 0.120 e. The molecule has 0 saturated heterocycles. The van der Waals surface area contributed by atoms with Gasteiger partial charge in [0.15, 0.2) is 0 Å². The lowest BCUT2D eigenvalue weighted by Gasteiger charge is -2.23. The molecular weight excluding hydrogens is 222 g/mol. The summed E-state index contributed by atoms with van der Waals surface area (Å²) in [5, 5.41) is 0. The zero-order valence-electron chi connectivity index (χ0n) is 11.0. The van der Waals surface area contributed by atoms with Gasteiger partial charge in [-0.1, -0.05) is 18.3 Å². The number of hydrogen-bond donors (Lipinski definition) is 1. The molecule has 0 radical (unpaired) electrons. The molecule has 1 aromatic rings. The van der Waals surface area contributed by atoms with E-state index in [2.05, 4.69) is 24.8 Å². The maximum absolute atomic E-state index is 6.02. The normalized spacial score (nSPS) is 15.9. The summed E-state index contributed by atoms with van der Waals surface area (Å²) in [7, 11) is 0. The number of aryl methyl sites for hydroxylation is 1. The first-order valence-electron chi connectivity index (χ1n) is 6.76. The predicted octanol–water partition coefficient (Wildman–Crippen LogP) is 3.02. The molecule has 0 aromatic heterocycles. The van der Waals surface area contributed by atoms with E-state index in [4.69, 9.17) is 10.5 Å². The zero-order chi connectivity index (χ0) is 12.8. The van der Waals surface area contributed by atoms with Crippen LogP contribution in [0.4, 0.5) is 0 Å². The molecule has 1 aliphatic rings. The van der Waals surface area contributed by atoms with Crippen LogP contribution >= 0.6 is 0 Å². The first-order chi connectivity index (χ1) is 8.79. The van der Waals surface area contributed by atoms with E-state index < -0.39 is 0 Å². The lowest BCUT2D eigenvalue weighted by atomic mass is 9.98. The van der Waals surface area contributed by atoms with Gasteiger partial charge in [-0.2, -0.15) is 0 Å². The van der Waals surface area contributed by atoms with Crippen molar-refractivity contribution in [3.05, 3.63) is 29.3 Å². The number of hydrogen-bond acceptors (Lipinski definition) is 2. The molecule has 96 valence electrons. The van der Waals surface area contributed by atoms with Gasteiger partial charge in [-0.25, -0.2) is 0 Å². The first-order valence-corrected chi connectivity index (χ1v) is 6.76. The molecule has 0 heterocycles. The van der Waals surface area contributed by atoms with Crippen molar-refractivity contribution < 1.29 is 4.74 Å². The molecule has 0 spiro atoms. The zero-order valence-corrected chi connectivity index (χ0v) is 11.0. The van der Waals surface area contributed by atoms with Gasteiger partial charge in [0.1, 0.15) is 5.75 Å². The SMILES string of the molecule is Cc1cc(OC2CCCCC2)ccc1C#CCN. The Bertz CT molecular complexity index is 450. The fourth-order valence-corrected chi connectivity index (χ4v) is 2.37. The molecule has 1 fully saturated rings.